The zero-order valence-corrected chi connectivity index (χ0v) is 12.7. The van der Waals surface area contributed by atoms with Crippen LogP contribution in [0.15, 0.2) is 18.2 Å². The van der Waals surface area contributed by atoms with Crippen molar-refractivity contribution in [2.45, 2.75) is 51.6 Å². The molecule has 1 unspecified atom stereocenters. The first-order valence-corrected chi connectivity index (χ1v) is 8.00. The van der Waals surface area contributed by atoms with Crippen LogP contribution < -0.4 is 10.1 Å². The maximum Gasteiger partial charge on any atom is 0.142 e. The smallest absolute Gasteiger partial charge is 0.142 e. The van der Waals surface area contributed by atoms with Gasteiger partial charge in [0.15, 0.2) is 0 Å². The van der Waals surface area contributed by atoms with Crippen LogP contribution in [0.1, 0.15) is 38.2 Å². The maximum absolute atomic E-state index is 5.89. The van der Waals surface area contributed by atoms with E-state index in [-0.39, 0.29) is 0 Å². The minimum Gasteiger partial charge on any atom is -0.491 e. The minimum atomic E-state index is 0.572. The van der Waals surface area contributed by atoms with Gasteiger partial charge in [-0.15, -0.1) is 0 Å². The van der Waals surface area contributed by atoms with E-state index in [9.17, 15) is 0 Å². The standard InChI is InChI=1S/C17H26N2O/c1-3-10-20-17-11-13(2)4-7-16(17)18-14-8-9-19(12-14)15-5-6-15/h4,7,11,14-15,18H,3,5-6,8-10,12H2,1-2H3. The van der Waals surface area contributed by atoms with E-state index in [4.69, 9.17) is 4.74 Å². The largest absolute Gasteiger partial charge is 0.491 e. The first-order chi connectivity index (χ1) is 9.76. The number of aryl methyl sites for hydroxylation is 1. The highest BCUT2D eigenvalue weighted by Gasteiger charge is 2.34. The molecule has 3 nitrogen and oxygen atoms in total. The van der Waals surface area contributed by atoms with Gasteiger partial charge in [-0.2, -0.15) is 0 Å². The topological polar surface area (TPSA) is 24.5 Å². The Morgan fingerprint density at radius 1 is 1.30 bits per heavy atom. The Labute approximate surface area is 122 Å². The normalized spacial score (nSPS) is 23.0. The predicted octanol–water partition coefficient (Wildman–Crippen LogP) is 3.43. The molecule has 3 rings (SSSR count). The number of benzene rings is 1. The fraction of sp³-hybridized carbons (Fsp3) is 0.647. The SMILES string of the molecule is CCCOc1cc(C)ccc1NC1CCN(C2CC2)C1. The number of nitrogens with zero attached hydrogens (tertiary/aromatic N) is 1. The van der Waals surface area contributed by atoms with Crippen molar-refractivity contribution in [3.63, 3.8) is 0 Å². The average molecular weight is 274 g/mol. The maximum atomic E-state index is 5.89. The van der Waals surface area contributed by atoms with Gasteiger partial charge in [0.25, 0.3) is 0 Å². The molecule has 1 N–H and O–H groups in total. The van der Waals surface area contributed by atoms with E-state index in [0.717, 1.165) is 30.5 Å². The summed E-state index contributed by atoms with van der Waals surface area (Å²) in [5, 5.41) is 3.69. The zero-order chi connectivity index (χ0) is 13.9. The van der Waals surface area contributed by atoms with Gasteiger partial charge in [-0.3, -0.25) is 4.90 Å². The molecule has 1 atom stereocenters. The Bertz CT molecular complexity index is 456. The van der Waals surface area contributed by atoms with E-state index < -0.39 is 0 Å². The molecule has 1 aromatic carbocycles. The van der Waals surface area contributed by atoms with Crippen LogP contribution >= 0.6 is 0 Å². The van der Waals surface area contributed by atoms with Crippen molar-refractivity contribution in [1.82, 2.24) is 4.90 Å². The van der Waals surface area contributed by atoms with E-state index in [1.165, 1.54) is 37.9 Å². The summed E-state index contributed by atoms with van der Waals surface area (Å²) >= 11 is 0. The van der Waals surface area contributed by atoms with Crippen molar-refractivity contribution in [2.24, 2.45) is 0 Å². The molecular weight excluding hydrogens is 248 g/mol. The van der Waals surface area contributed by atoms with E-state index in [2.05, 4.69) is 42.3 Å². The Morgan fingerprint density at radius 3 is 2.90 bits per heavy atom. The van der Waals surface area contributed by atoms with Crippen LogP contribution in [0.4, 0.5) is 5.69 Å². The summed E-state index contributed by atoms with van der Waals surface area (Å²) in [5.41, 5.74) is 2.42. The molecule has 1 aliphatic carbocycles. The van der Waals surface area contributed by atoms with Gasteiger partial charge in [0, 0.05) is 25.2 Å². The third kappa shape index (κ3) is 3.26. The number of ether oxygens (including phenoxy) is 1. The summed E-state index contributed by atoms with van der Waals surface area (Å²) in [7, 11) is 0. The molecule has 2 aliphatic rings. The van der Waals surface area contributed by atoms with Crippen LogP contribution in [0, 0.1) is 6.92 Å². The van der Waals surface area contributed by atoms with E-state index in [0.29, 0.717) is 6.04 Å². The van der Waals surface area contributed by atoms with E-state index in [1.54, 1.807) is 0 Å². The first kappa shape index (κ1) is 13.7. The molecule has 1 saturated carbocycles. The second-order valence-electron chi connectivity index (χ2n) is 6.20. The monoisotopic (exact) mass is 274 g/mol. The molecule has 20 heavy (non-hydrogen) atoms. The average Bonchev–Trinajstić information content (AvgIpc) is 3.19. The second-order valence-corrected chi connectivity index (χ2v) is 6.20. The quantitative estimate of drug-likeness (QED) is 0.860. The van der Waals surface area contributed by atoms with Crippen LogP contribution in [-0.2, 0) is 0 Å². The number of hydrogen-bond acceptors (Lipinski definition) is 3. The summed E-state index contributed by atoms with van der Waals surface area (Å²) in [5.74, 6) is 1.01. The van der Waals surface area contributed by atoms with Crippen LogP contribution in [-0.4, -0.2) is 36.7 Å². The van der Waals surface area contributed by atoms with Crippen molar-refractivity contribution in [3.05, 3.63) is 23.8 Å². The molecule has 0 aromatic heterocycles. The van der Waals surface area contributed by atoms with Crippen molar-refractivity contribution < 1.29 is 4.74 Å². The molecule has 1 heterocycles. The molecule has 0 spiro atoms. The van der Waals surface area contributed by atoms with Crippen LogP contribution in [0.25, 0.3) is 0 Å². The summed E-state index contributed by atoms with van der Waals surface area (Å²) in [4.78, 5) is 2.64. The zero-order valence-electron chi connectivity index (χ0n) is 12.7. The molecule has 110 valence electrons. The molecule has 1 aliphatic heterocycles. The Hall–Kier alpha value is -1.22. The lowest BCUT2D eigenvalue weighted by molar-refractivity contribution is 0.317. The van der Waals surface area contributed by atoms with Crippen LogP contribution in [0.3, 0.4) is 0 Å². The fourth-order valence-electron chi connectivity index (χ4n) is 2.98. The van der Waals surface area contributed by atoms with Gasteiger partial charge >= 0.3 is 0 Å². The molecule has 2 fully saturated rings. The molecule has 1 aromatic rings. The second kappa shape index (κ2) is 6.04. The van der Waals surface area contributed by atoms with Crippen molar-refractivity contribution >= 4 is 5.69 Å². The summed E-state index contributed by atoms with van der Waals surface area (Å²) in [6.45, 7) is 7.49. The lowest BCUT2D eigenvalue weighted by atomic mass is 10.2. The van der Waals surface area contributed by atoms with Gasteiger partial charge in [-0.1, -0.05) is 13.0 Å². The Balaban J connectivity index is 1.63. The minimum absolute atomic E-state index is 0.572. The van der Waals surface area contributed by atoms with Crippen molar-refractivity contribution in [2.75, 3.05) is 25.0 Å². The van der Waals surface area contributed by atoms with E-state index in [1.807, 2.05) is 0 Å². The molecule has 0 radical (unpaired) electrons. The third-order valence-electron chi connectivity index (χ3n) is 4.24. The number of anilines is 1. The number of nitrogens with one attached hydrogen (secondary N) is 1. The molecule has 1 saturated heterocycles. The van der Waals surface area contributed by atoms with Gasteiger partial charge in [-0.25, -0.2) is 0 Å². The molecule has 3 heteroatoms. The van der Waals surface area contributed by atoms with Gasteiger partial charge in [0.1, 0.15) is 5.75 Å². The molecule has 0 bridgehead atoms. The van der Waals surface area contributed by atoms with Crippen molar-refractivity contribution in [3.8, 4) is 5.75 Å². The van der Waals surface area contributed by atoms with Gasteiger partial charge in [0.05, 0.1) is 12.3 Å². The summed E-state index contributed by atoms with van der Waals surface area (Å²) < 4.78 is 5.89. The highest BCUT2D eigenvalue weighted by Crippen LogP contribution is 2.32. The fourth-order valence-corrected chi connectivity index (χ4v) is 2.98. The van der Waals surface area contributed by atoms with Gasteiger partial charge < -0.3 is 10.1 Å². The Morgan fingerprint density at radius 2 is 2.15 bits per heavy atom. The highest BCUT2D eigenvalue weighted by molar-refractivity contribution is 5.58. The third-order valence-corrected chi connectivity index (χ3v) is 4.24. The van der Waals surface area contributed by atoms with E-state index >= 15 is 0 Å². The summed E-state index contributed by atoms with van der Waals surface area (Å²) in [6.07, 6.45) is 5.11. The Kier molecular flexibility index (Phi) is 4.16. The lowest BCUT2D eigenvalue weighted by Gasteiger charge is -2.19. The van der Waals surface area contributed by atoms with Gasteiger partial charge in [0.2, 0.25) is 0 Å². The van der Waals surface area contributed by atoms with Crippen LogP contribution in [0.2, 0.25) is 0 Å². The number of likely N-dealkylation sites (tertiary alicyclic amines) is 1. The molecular formula is C17H26N2O. The van der Waals surface area contributed by atoms with Crippen LogP contribution in [0.5, 0.6) is 5.75 Å². The van der Waals surface area contributed by atoms with Gasteiger partial charge in [-0.05, 0) is 50.3 Å². The first-order valence-electron chi connectivity index (χ1n) is 8.00. The van der Waals surface area contributed by atoms with Crippen molar-refractivity contribution in [1.29, 1.82) is 0 Å². The predicted molar refractivity (Wildman–Crippen MR) is 83.6 cm³/mol. The number of rotatable bonds is 6. The lowest BCUT2D eigenvalue weighted by Crippen LogP contribution is -2.27. The summed E-state index contributed by atoms with van der Waals surface area (Å²) in [6, 6.07) is 7.93. The molecule has 0 amide bonds. The highest BCUT2D eigenvalue weighted by atomic mass is 16.5. The number of hydrogen-bond donors (Lipinski definition) is 1.